The number of alkyl carbamates (subject to hydrolysis) is 1. The van der Waals surface area contributed by atoms with E-state index in [1.165, 1.54) is 0 Å². The Bertz CT molecular complexity index is 628. The van der Waals surface area contributed by atoms with E-state index in [-0.39, 0.29) is 24.9 Å². The van der Waals surface area contributed by atoms with E-state index in [0.29, 0.717) is 24.2 Å². The van der Waals surface area contributed by atoms with Gasteiger partial charge in [0.2, 0.25) is 0 Å². The minimum Gasteiger partial charge on any atom is -0.443 e. The Morgan fingerprint density at radius 2 is 2.12 bits per heavy atom. The third-order valence-electron chi connectivity index (χ3n) is 5.32. The number of rotatable bonds is 0. The Hall–Kier alpha value is -1.77. The molecule has 4 bridgehead atoms. The molecule has 0 radical (unpaired) electrons. The molecule has 2 aliphatic heterocycles. The lowest BCUT2D eigenvalue weighted by Crippen LogP contribution is -2.38. The van der Waals surface area contributed by atoms with E-state index in [1.54, 1.807) is 12.4 Å². The van der Waals surface area contributed by atoms with E-state index in [2.05, 4.69) is 33.1 Å². The second kappa shape index (κ2) is 7.23. The van der Waals surface area contributed by atoms with Crippen molar-refractivity contribution in [3.05, 3.63) is 23.8 Å². The van der Waals surface area contributed by atoms with Crippen molar-refractivity contribution in [2.75, 3.05) is 6.54 Å². The van der Waals surface area contributed by atoms with Gasteiger partial charge in [-0.2, -0.15) is 0 Å². The fourth-order valence-electron chi connectivity index (χ4n) is 4.04. The van der Waals surface area contributed by atoms with Gasteiger partial charge in [-0.05, 0) is 32.6 Å². The quantitative estimate of drug-likeness (QED) is 0.649. The summed E-state index contributed by atoms with van der Waals surface area (Å²) >= 11 is 0. The predicted molar refractivity (Wildman–Crippen MR) is 89.3 cm³/mol. The third-order valence-corrected chi connectivity index (χ3v) is 5.32. The molecular weight excluding hydrogens is 322 g/mol. The summed E-state index contributed by atoms with van der Waals surface area (Å²) in [6.45, 7) is 2.72. The molecule has 4 rings (SSSR count). The van der Waals surface area contributed by atoms with Crippen LogP contribution in [0.25, 0.3) is 0 Å². The van der Waals surface area contributed by atoms with Crippen LogP contribution in [0.5, 0.6) is 0 Å². The highest BCUT2D eigenvalue weighted by Gasteiger charge is 2.42. The van der Waals surface area contributed by atoms with Crippen LogP contribution in [0.3, 0.4) is 0 Å². The van der Waals surface area contributed by atoms with Crippen LogP contribution in [0.2, 0.25) is 0 Å². The van der Waals surface area contributed by atoms with Crippen LogP contribution in [-0.4, -0.2) is 40.9 Å². The maximum Gasteiger partial charge on any atom is 0.407 e. The van der Waals surface area contributed by atoms with Gasteiger partial charge in [0.1, 0.15) is 6.61 Å². The average molecular weight is 347 g/mol. The van der Waals surface area contributed by atoms with E-state index in [9.17, 15) is 4.79 Å². The van der Waals surface area contributed by atoms with Gasteiger partial charge in [-0.15, -0.1) is 0 Å². The van der Waals surface area contributed by atoms with Gasteiger partial charge in [0, 0.05) is 18.5 Å². The number of cyclic esters (lactones) is 1. The number of nitrogens with one attached hydrogen (secondary N) is 3. The molecule has 1 aromatic heterocycles. The largest absolute Gasteiger partial charge is 0.443 e. The molecule has 25 heavy (non-hydrogen) atoms. The molecule has 1 aliphatic carbocycles. The Labute approximate surface area is 147 Å². The van der Waals surface area contributed by atoms with E-state index in [4.69, 9.17) is 9.47 Å². The lowest BCUT2D eigenvalue weighted by atomic mass is 9.79. The van der Waals surface area contributed by atoms with E-state index in [1.807, 2.05) is 0 Å². The normalized spacial score (nSPS) is 35.9. The number of ether oxygens (including phenoxy) is 2. The number of carbonyl (C=O) groups is 1. The summed E-state index contributed by atoms with van der Waals surface area (Å²) in [5.41, 5.74) is 8.32. The van der Waals surface area contributed by atoms with Crippen LogP contribution in [-0.2, 0) is 16.1 Å². The smallest absolute Gasteiger partial charge is 0.407 e. The molecule has 3 N–H and O–H groups in total. The van der Waals surface area contributed by atoms with Crippen molar-refractivity contribution in [3.8, 4) is 0 Å². The predicted octanol–water partition coefficient (Wildman–Crippen LogP) is 1.20. The molecule has 8 nitrogen and oxygen atoms in total. The van der Waals surface area contributed by atoms with Gasteiger partial charge in [0.15, 0.2) is 0 Å². The Kier molecular flexibility index (Phi) is 4.82. The van der Waals surface area contributed by atoms with Crippen molar-refractivity contribution in [1.82, 2.24) is 26.1 Å². The lowest BCUT2D eigenvalue weighted by Gasteiger charge is -2.34. The van der Waals surface area contributed by atoms with Crippen molar-refractivity contribution >= 4 is 6.09 Å². The van der Waals surface area contributed by atoms with E-state index < -0.39 is 6.09 Å². The average Bonchev–Trinajstić information content (AvgIpc) is 3.03. The van der Waals surface area contributed by atoms with E-state index in [0.717, 1.165) is 31.4 Å². The molecule has 0 aromatic carbocycles. The standard InChI is InChI=1S/C17H25N5O3/c1-10-4-5-19-17(23)24-9-11-7-18-8-15(20-11)16-13-6-12(25-10)2-3-14(13)21-22-16/h7-8,10,12-14,16,21-22H,2-6,9H2,1H3,(H,19,23)/t10-,12?,13?,14?,16?/m0/s1. The first kappa shape index (κ1) is 16.7. The van der Waals surface area contributed by atoms with Crippen molar-refractivity contribution < 1.29 is 14.3 Å². The molecule has 8 heteroatoms. The molecule has 0 spiro atoms. The summed E-state index contributed by atoms with van der Waals surface area (Å²) in [6, 6.07) is 0.527. The zero-order valence-corrected chi connectivity index (χ0v) is 14.4. The van der Waals surface area contributed by atoms with Crippen molar-refractivity contribution in [2.24, 2.45) is 5.92 Å². The van der Waals surface area contributed by atoms with Crippen LogP contribution in [0, 0.1) is 5.92 Å². The molecule has 5 atom stereocenters. The summed E-state index contributed by atoms with van der Waals surface area (Å²) in [7, 11) is 0. The summed E-state index contributed by atoms with van der Waals surface area (Å²) < 4.78 is 11.5. The maximum absolute atomic E-state index is 11.8. The van der Waals surface area contributed by atoms with Gasteiger partial charge < -0.3 is 14.8 Å². The molecule has 1 amide bonds. The molecule has 2 fully saturated rings. The maximum atomic E-state index is 11.8. The summed E-state index contributed by atoms with van der Waals surface area (Å²) in [6.07, 6.45) is 7.24. The van der Waals surface area contributed by atoms with Crippen LogP contribution in [0.4, 0.5) is 4.79 Å². The van der Waals surface area contributed by atoms with E-state index >= 15 is 0 Å². The first-order valence-electron chi connectivity index (χ1n) is 9.07. The molecule has 1 saturated carbocycles. The summed E-state index contributed by atoms with van der Waals surface area (Å²) in [4.78, 5) is 20.7. The number of amides is 1. The SMILES string of the molecule is C[C@H]1CCNC(=O)OCc2cncc(n2)C2NNC3CCC(CC32)O1. The van der Waals surface area contributed by atoms with Crippen LogP contribution >= 0.6 is 0 Å². The highest BCUT2D eigenvalue weighted by Crippen LogP contribution is 2.38. The fourth-order valence-corrected chi connectivity index (χ4v) is 4.04. The van der Waals surface area contributed by atoms with Gasteiger partial charge in [0.25, 0.3) is 0 Å². The van der Waals surface area contributed by atoms with Gasteiger partial charge in [0.05, 0.1) is 42.0 Å². The van der Waals surface area contributed by atoms with Crippen molar-refractivity contribution in [1.29, 1.82) is 0 Å². The molecular formula is C17H25N5O3. The Morgan fingerprint density at radius 3 is 3.04 bits per heavy atom. The molecule has 3 aliphatic rings. The molecule has 3 heterocycles. The highest BCUT2D eigenvalue weighted by molar-refractivity contribution is 5.67. The Morgan fingerprint density at radius 1 is 1.20 bits per heavy atom. The second-order valence-electron chi connectivity index (χ2n) is 7.15. The zero-order chi connectivity index (χ0) is 17.2. The molecule has 136 valence electrons. The van der Waals surface area contributed by atoms with Crippen LogP contribution in [0.15, 0.2) is 12.4 Å². The lowest BCUT2D eigenvalue weighted by molar-refractivity contribution is -0.0381. The number of aromatic nitrogens is 2. The second-order valence-corrected chi connectivity index (χ2v) is 7.15. The minimum absolute atomic E-state index is 0.0955. The zero-order valence-electron chi connectivity index (χ0n) is 14.4. The Balaban J connectivity index is 1.58. The fraction of sp³-hybridized carbons (Fsp3) is 0.706. The monoisotopic (exact) mass is 347 g/mol. The number of fused-ring (bicyclic) bond motifs is 4. The first-order chi connectivity index (χ1) is 12.2. The summed E-state index contributed by atoms with van der Waals surface area (Å²) in [5.74, 6) is 0.418. The number of hydrogen-bond donors (Lipinski definition) is 3. The molecule has 4 unspecified atom stereocenters. The number of carbonyl (C=O) groups excluding carboxylic acids is 1. The van der Waals surface area contributed by atoms with Crippen molar-refractivity contribution in [3.63, 3.8) is 0 Å². The molecule has 1 saturated heterocycles. The van der Waals surface area contributed by atoms with Crippen LogP contribution in [0.1, 0.15) is 50.0 Å². The highest BCUT2D eigenvalue weighted by atomic mass is 16.5. The minimum atomic E-state index is -0.436. The number of hydrogen-bond acceptors (Lipinski definition) is 7. The number of nitrogens with zero attached hydrogens (tertiary/aromatic N) is 2. The topological polar surface area (TPSA) is 97.4 Å². The van der Waals surface area contributed by atoms with Gasteiger partial charge in [-0.25, -0.2) is 15.2 Å². The number of hydrazine groups is 1. The third kappa shape index (κ3) is 3.75. The first-order valence-corrected chi connectivity index (χ1v) is 9.07. The van der Waals surface area contributed by atoms with Gasteiger partial charge >= 0.3 is 6.09 Å². The molecule has 1 aromatic rings. The summed E-state index contributed by atoms with van der Waals surface area (Å²) in [5, 5.41) is 2.76. The van der Waals surface area contributed by atoms with Gasteiger partial charge in [-0.1, -0.05) is 0 Å². The van der Waals surface area contributed by atoms with Gasteiger partial charge in [-0.3, -0.25) is 10.4 Å². The van der Waals surface area contributed by atoms with Crippen LogP contribution < -0.4 is 16.2 Å². The van der Waals surface area contributed by atoms with Crippen molar-refractivity contribution in [2.45, 2.75) is 63.5 Å².